The van der Waals surface area contributed by atoms with Crippen LogP contribution in [-0.2, 0) is 13.1 Å². The number of hydrogen-bond acceptors (Lipinski definition) is 2. The van der Waals surface area contributed by atoms with Crippen molar-refractivity contribution in [3.05, 3.63) is 83.7 Å². The van der Waals surface area contributed by atoms with Gasteiger partial charge in [0.25, 0.3) is 0 Å². The summed E-state index contributed by atoms with van der Waals surface area (Å²) in [6.07, 6.45) is 2.08. The van der Waals surface area contributed by atoms with E-state index in [0.717, 1.165) is 12.2 Å². The van der Waals surface area contributed by atoms with Crippen LogP contribution < -0.4 is 10.1 Å². The lowest BCUT2D eigenvalue weighted by Crippen LogP contribution is -2.43. The van der Waals surface area contributed by atoms with Gasteiger partial charge in [0.2, 0.25) is 0 Å². The minimum Gasteiger partial charge on any atom is -0.492 e. The largest absolute Gasteiger partial charge is 0.492 e. The van der Waals surface area contributed by atoms with Gasteiger partial charge in [-0.2, -0.15) is 0 Å². The lowest BCUT2D eigenvalue weighted by atomic mass is 10.0. The number of amides is 2. The highest BCUT2D eigenvalue weighted by Gasteiger charge is 2.24. The third-order valence-corrected chi connectivity index (χ3v) is 5.84. The summed E-state index contributed by atoms with van der Waals surface area (Å²) in [6.45, 7) is 12.3. The van der Waals surface area contributed by atoms with Crippen LogP contribution in [-0.4, -0.2) is 28.1 Å². The zero-order chi connectivity index (χ0) is 23.1. The van der Waals surface area contributed by atoms with Crippen molar-refractivity contribution in [3.63, 3.8) is 0 Å². The molecular formula is C27H35N3O2. The summed E-state index contributed by atoms with van der Waals surface area (Å²) in [6, 6.07) is 20.2. The van der Waals surface area contributed by atoms with E-state index in [2.05, 4.69) is 74.1 Å². The number of rotatable bonds is 9. The van der Waals surface area contributed by atoms with Crippen LogP contribution in [0.5, 0.6) is 5.75 Å². The molecule has 0 aliphatic carbocycles. The molecule has 1 atom stereocenters. The number of benzene rings is 2. The highest BCUT2D eigenvalue weighted by Crippen LogP contribution is 2.25. The maximum Gasteiger partial charge on any atom is 0.322 e. The Kier molecular flexibility index (Phi) is 7.98. The summed E-state index contributed by atoms with van der Waals surface area (Å²) in [5, 5.41) is 3.07. The predicted octanol–water partition coefficient (Wildman–Crippen LogP) is 6.32. The third kappa shape index (κ3) is 5.94. The number of urea groups is 1. The van der Waals surface area contributed by atoms with Crippen molar-refractivity contribution in [3.8, 4) is 5.75 Å². The van der Waals surface area contributed by atoms with Gasteiger partial charge in [-0.05, 0) is 56.5 Å². The Morgan fingerprint density at radius 3 is 2.56 bits per heavy atom. The van der Waals surface area contributed by atoms with Crippen LogP contribution in [0.3, 0.4) is 0 Å². The maximum atomic E-state index is 13.4. The van der Waals surface area contributed by atoms with Gasteiger partial charge in [0.15, 0.2) is 0 Å². The second kappa shape index (κ2) is 10.9. The van der Waals surface area contributed by atoms with Crippen molar-refractivity contribution in [1.82, 2.24) is 9.47 Å². The molecule has 0 bridgehead atoms. The topological polar surface area (TPSA) is 46.5 Å². The molecule has 3 aromatic rings. The van der Waals surface area contributed by atoms with Gasteiger partial charge in [-0.15, -0.1) is 0 Å². The van der Waals surface area contributed by atoms with E-state index in [-0.39, 0.29) is 12.1 Å². The van der Waals surface area contributed by atoms with Crippen LogP contribution in [0.1, 0.15) is 44.5 Å². The van der Waals surface area contributed by atoms with Crippen LogP contribution >= 0.6 is 0 Å². The molecule has 2 aromatic carbocycles. The summed E-state index contributed by atoms with van der Waals surface area (Å²) < 4.78 is 7.91. The van der Waals surface area contributed by atoms with Crippen LogP contribution in [0.2, 0.25) is 0 Å². The van der Waals surface area contributed by atoms with Gasteiger partial charge < -0.3 is 19.5 Å². The normalized spacial score (nSPS) is 11.9. The fourth-order valence-electron chi connectivity index (χ4n) is 3.73. The summed E-state index contributed by atoms with van der Waals surface area (Å²) in [7, 11) is 0. The van der Waals surface area contributed by atoms with Crippen LogP contribution in [0, 0.1) is 12.8 Å². The Balaban J connectivity index is 1.82. The van der Waals surface area contributed by atoms with Gasteiger partial charge in [0, 0.05) is 24.5 Å². The second-order valence-corrected chi connectivity index (χ2v) is 8.59. The molecule has 0 saturated carbocycles. The minimum absolute atomic E-state index is 0.0663. The monoisotopic (exact) mass is 433 g/mol. The number of anilines is 1. The quantitative estimate of drug-likeness (QED) is 0.429. The molecule has 3 rings (SSSR count). The van der Waals surface area contributed by atoms with Gasteiger partial charge in [0.1, 0.15) is 5.75 Å². The average molecular weight is 434 g/mol. The Morgan fingerprint density at radius 2 is 1.84 bits per heavy atom. The highest BCUT2D eigenvalue weighted by atomic mass is 16.5. The van der Waals surface area contributed by atoms with E-state index < -0.39 is 0 Å². The molecule has 32 heavy (non-hydrogen) atoms. The molecular weight excluding hydrogens is 398 g/mol. The maximum absolute atomic E-state index is 13.4. The van der Waals surface area contributed by atoms with E-state index in [9.17, 15) is 4.79 Å². The molecule has 1 heterocycles. The smallest absolute Gasteiger partial charge is 0.322 e. The van der Waals surface area contributed by atoms with E-state index in [0.29, 0.717) is 30.5 Å². The molecule has 5 nitrogen and oxygen atoms in total. The van der Waals surface area contributed by atoms with E-state index >= 15 is 0 Å². The molecule has 0 saturated heterocycles. The van der Waals surface area contributed by atoms with Crippen molar-refractivity contribution in [2.75, 3.05) is 11.9 Å². The van der Waals surface area contributed by atoms with Gasteiger partial charge in [-0.25, -0.2) is 4.79 Å². The number of aryl methyl sites for hydroxylation is 1. The highest BCUT2D eigenvalue weighted by molar-refractivity contribution is 5.91. The average Bonchev–Trinajstić information content (AvgIpc) is 3.19. The van der Waals surface area contributed by atoms with E-state index in [1.807, 2.05) is 42.2 Å². The lowest BCUT2D eigenvalue weighted by molar-refractivity contribution is 0.168. The minimum atomic E-state index is -0.123. The van der Waals surface area contributed by atoms with Gasteiger partial charge in [0.05, 0.1) is 18.8 Å². The van der Waals surface area contributed by atoms with E-state index in [1.54, 1.807) is 0 Å². The fourth-order valence-corrected chi connectivity index (χ4v) is 3.73. The number of carbonyl (C=O) groups excluding carboxylic acids is 1. The van der Waals surface area contributed by atoms with Crippen molar-refractivity contribution in [2.24, 2.45) is 5.92 Å². The number of nitrogens with one attached hydrogen (secondary N) is 1. The number of para-hydroxylation sites is 2. The van der Waals surface area contributed by atoms with Gasteiger partial charge >= 0.3 is 6.03 Å². The molecule has 1 N–H and O–H groups in total. The van der Waals surface area contributed by atoms with E-state index in [1.165, 1.54) is 11.1 Å². The first-order chi connectivity index (χ1) is 15.4. The Bertz CT molecular complexity index is 1030. The van der Waals surface area contributed by atoms with Crippen molar-refractivity contribution >= 4 is 11.7 Å². The number of ether oxygens (including phenoxy) is 1. The predicted molar refractivity (Wildman–Crippen MR) is 131 cm³/mol. The van der Waals surface area contributed by atoms with Crippen molar-refractivity contribution < 1.29 is 9.53 Å². The SMILES string of the molecule is CCOc1ccccc1NC(=O)N(Cc1cccn1Cc1cccc(C)c1)C(C)C(C)C. The zero-order valence-electron chi connectivity index (χ0n) is 19.8. The molecule has 0 radical (unpaired) electrons. The Morgan fingerprint density at radius 1 is 1.06 bits per heavy atom. The lowest BCUT2D eigenvalue weighted by Gasteiger charge is -2.32. The van der Waals surface area contributed by atoms with E-state index in [4.69, 9.17) is 4.74 Å². The second-order valence-electron chi connectivity index (χ2n) is 8.59. The molecule has 0 aliphatic rings. The summed E-state index contributed by atoms with van der Waals surface area (Å²) in [5.41, 5.74) is 4.29. The molecule has 1 aromatic heterocycles. The Labute approximate surface area is 192 Å². The van der Waals surface area contributed by atoms with Gasteiger partial charge in [-0.1, -0.05) is 55.8 Å². The van der Waals surface area contributed by atoms with Crippen molar-refractivity contribution in [2.45, 2.75) is 53.8 Å². The first kappa shape index (κ1) is 23.5. The van der Waals surface area contributed by atoms with Crippen LogP contribution in [0.15, 0.2) is 66.9 Å². The standard InChI is InChI=1S/C27H35N3O2/c1-6-32-26-15-8-7-14-25(26)28-27(31)30(22(5)20(2)3)19-24-13-10-16-29(24)18-23-12-9-11-21(4)17-23/h7-17,20,22H,6,18-19H2,1-5H3,(H,28,31). The zero-order valence-corrected chi connectivity index (χ0v) is 19.8. The molecule has 0 fully saturated rings. The summed E-state index contributed by atoms with van der Waals surface area (Å²) >= 11 is 0. The first-order valence-corrected chi connectivity index (χ1v) is 11.4. The van der Waals surface area contributed by atoms with Crippen molar-refractivity contribution in [1.29, 1.82) is 0 Å². The molecule has 5 heteroatoms. The molecule has 0 spiro atoms. The van der Waals surface area contributed by atoms with Gasteiger partial charge in [-0.3, -0.25) is 0 Å². The number of hydrogen-bond donors (Lipinski definition) is 1. The number of aromatic nitrogens is 1. The Hall–Kier alpha value is -3.21. The number of nitrogens with zero attached hydrogens (tertiary/aromatic N) is 2. The summed E-state index contributed by atoms with van der Waals surface area (Å²) in [4.78, 5) is 15.3. The molecule has 170 valence electrons. The van der Waals surface area contributed by atoms with Crippen LogP contribution in [0.25, 0.3) is 0 Å². The molecule has 0 aliphatic heterocycles. The molecule has 2 amide bonds. The van der Waals surface area contributed by atoms with Crippen LogP contribution in [0.4, 0.5) is 10.5 Å². The summed E-state index contributed by atoms with van der Waals surface area (Å²) in [5.74, 6) is 1.01. The third-order valence-electron chi connectivity index (χ3n) is 5.84. The number of carbonyl (C=O) groups is 1. The molecule has 1 unspecified atom stereocenters. The first-order valence-electron chi connectivity index (χ1n) is 11.4. The fraction of sp³-hybridized carbons (Fsp3) is 0.370.